The van der Waals surface area contributed by atoms with Crippen molar-refractivity contribution < 1.29 is 14.6 Å². The average Bonchev–Trinajstić information content (AvgIpc) is 3.22. The molecule has 1 aliphatic rings. The number of fused-ring (bicyclic) bond motifs is 1. The van der Waals surface area contributed by atoms with E-state index in [1.807, 2.05) is 43.7 Å². The van der Waals surface area contributed by atoms with E-state index in [0.29, 0.717) is 6.54 Å². The van der Waals surface area contributed by atoms with E-state index in [2.05, 4.69) is 27.0 Å². The van der Waals surface area contributed by atoms with E-state index >= 15 is 0 Å². The summed E-state index contributed by atoms with van der Waals surface area (Å²) >= 11 is 0. The molecule has 166 valence electrons. The number of hydrogen-bond acceptors (Lipinski definition) is 6. The Hall–Kier alpha value is -2.45. The van der Waals surface area contributed by atoms with Crippen molar-refractivity contribution in [2.24, 2.45) is 7.05 Å². The van der Waals surface area contributed by atoms with Gasteiger partial charge in [-0.15, -0.1) is 0 Å². The summed E-state index contributed by atoms with van der Waals surface area (Å²) in [4.78, 5) is 4.71. The molecule has 1 N–H and O–H groups in total. The summed E-state index contributed by atoms with van der Waals surface area (Å²) in [6, 6.07) is 12.4. The van der Waals surface area contributed by atoms with E-state index in [1.54, 1.807) is 11.8 Å². The number of hydrogen-bond donors (Lipinski definition) is 1. The third-order valence-electron chi connectivity index (χ3n) is 5.84. The molecule has 0 bridgehead atoms. The number of aryl methyl sites for hydroxylation is 1. The molecule has 0 amide bonds. The summed E-state index contributed by atoms with van der Waals surface area (Å²) < 4.78 is 13.0. The Morgan fingerprint density at radius 1 is 1.10 bits per heavy atom. The Morgan fingerprint density at radius 2 is 1.87 bits per heavy atom. The molecule has 1 unspecified atom stereocenters. The first-order valence-electron chi connectivity index (χ1n) is 10.9. The Kier molecular flexibility index (Phi) is 7.19. The number of rotatable bonds is 9. The van der Waals surface area contributed by atoms with Gasteiger partial charge in [-0.25, -0.2) is 0 Å². The molecule has 0 aliphatic carbocycles. The van der Waals surface area contributed by atoms with Crippen molar-refractivity contribution in [1.29, 1.82) is 0 Å². The molecule has 4 rings (SSSR count). The molecule has 2 aromatic carbocycles. The van der Waals surface area contributed by atoms with Crippen LogP contribution in [0.3, 0.4) is 0 Å². The molecular weight excluding hydrogens is 392 g/mol. The average molecular weight is 425 g/mol. The molecule has 1 saturated heterocycles. The summed E-state index contributed by atoms with van der Waals surface area (Å²) in [5.41, 5.74) is 2.14. The lowest BCUT2D eigenvalue weighted by atomic mass is 10.00. The molecular formula is C24H32N4O3. The van der Waals surface area contributed by atoms with E-state index in [9.17, 15) is 5.11 Å². The minimum Gasteiger partial charge on any atom is -0.491 e. The van der Waals surface area contributed by atoms with E-state index in [4.69, 9.17) is 9.47 Å². The lowest BCUT2D eigenvalue weighted by molar-refractivity contribution is 0.0405. The van der Waals surface area contributed by atoms with Crippen LogP contribution in [0.2, 0.25) is 0 Å². The van der Waals surface area contributed by atoms with Crippen molar-refractivity contribution in [2.45, 2.75) is 6.10 Å². The summed E-state index contributed by atoms with van der Waals surface area (Å²) in [6.45, 7) is 6.58. The fourth-order valence-corrected chi connectivity index (χ4v) is 4.12. The van der Waals surface area contributed by atoms with Gasteiger partial charge in [-0.2, -0.15) is 5.10 Å². The van der Waals surface area contributed by atoms with Crippen molar-refractivity contribution in [3.63, 3.8) is 0 Å². The molecule has 31 heavy (non-hydrogen) atoms. The number of ether oxygens (including phenoxy) is 2. The smallest absolute Gasteiger partial charge is 0.120 e. The number of aromatic nitrogens is 2. The number of nitrogens with zero attached hydrogens (tertiary/aromatic N) is 4. The summed E-state index contributed by atoms with van der Waals surface area (Å²) in [5.74, 6) is 0.765. The molecule has 3 aromatic rings. The molecule has 1 aromatic heterocycles. The van der Waals surface area contributed by atoms with Crippen molar-refractivity contribution in [3.8, 4) is 16.9 Å². The second-order valence-electron chi connectivity index (χ2n) is 8.19. The molecule has 0 spiro atoms. The second-order valence-corrected chi connectivity index (χ2v) is 8.19. The van der Waals surface area contributed by atoms with Crippen molar-refractivity contribution in [3.05, 3.63) is 48.8 Å². The monoisotopic (exact) mass is 424 g/mol. The van der Waals surface area contributed by atoms with Crippen LogP contribution >= 0.6 is 0 Å². The maximum Gasteiger partial charge on any atom is 0.120 e. The number of methoxy groups -OCH3 is 1. The Labute approximate surface area is 183 Å². The summed E-state index contributed by atoms with van der Waals surface area (Å²) in [5, 5.41) is 17.1. The number of aliphatic hydroxyl groups excluding tert-OH is 1. The van der Waals surface area contributed by atoms with Gasteiger partial charge >= 0.3 is 0 Å². The zero-order chi connectivity index (χ0) is 21.6. The topological polar surface area (TPSA) is 63.0 Å². The SMILES string of the molecule is COCCN1CCN(CC(O)COc2cc(-c3cnn(C)c3)c3ccccc3c2)CC1. The highest BCUT2D eigenvalue weighted by Crippen LogP contribution is 2.33. The van der Waals surface area contributed by atoms with E-state index in [-0.39, 0.29) is 6.61 Å². The zero-order valence-corrected chi connectivity index (χ0v) is 18.4. The largest absolute Gasteiger partial charge is 0.491 e. The first-order chi connectivity index (χ1) is 15.1. The van der Waals surface area contributed by atoms with Crippen molar-refractivity contribution in [1.82, 2.24) is 19.6 Å². The van der Waals surface area contributed by atoms with Gasteiger partial charge < -0.3 is 14.6 Å². The molecule has 1 aliphatic heterocycles. The van der Waals surface area contributed by atoms with Crippen molar-refractivity contribution >= 4 is 10.8 Å². The predicted octanol–water partition coefficient (Wildman–Crippen LogP) is 2.24. The normalized spacial score (nSPS) is 16.6. The third-order valence-corrected chi connectivity index (χ3v) is 5.84. The number of benzene rings is 2. The van der Waals surface area contributed by atoms with Gasteiger partial charge in [0.1, 0.15) is 18.5 Å². The Balaban J connectivity index is 1.37. The van der Waals surface area contributed by atoms with Gasteiger partial charge in [-0.1, -0.05) is 24.3 Å². The quantitative estimate of drug-likeness (QED) is 0.569. The lowest BCUT2D eigenvalue weighted by Gasteiger charge is -2.35. The number of aliphatic hydroxyl groups is 1. The lowest BCUT2D eigenvalue weighted by Crippen LogP contribution is -2.49. The predicted molar refractivity (Wildman–Crippen MR) is 122 cm³/mol. The van der Waals surface area contributed by atoms with Crippen LogP contribution in [-0.2, 0) is 11.8 Å². The van der Waals surface area contributed by atoms with Gasteiger partial charge in [0, 0.05) is 65.2 Å². The van der Waals surface area contributed by atoms with E-state index < -0.39 is 6.10 Å². The second kappa shape index (κ2) is 10.2. The fraction of sp³-hybridized carbons (Fsp3) is 0.458. The molecule has 0 saturated carbocycles. The molecule has 1 fully saturated rings. The van der Waals surface area contributed by atoms with Gasteiger partial charge in [0.25, 0.3) is 0 Å². The van der Waals surface area contributed by atoms with Crippen LogP contribution in [-0.4, -0.2) is 90.4 Å². The van der Waals surface area contributed by atoms with Gasteiger partial charge in [-0.3, -0.25) is 14.5 Å². The maximum absolute atomic E-state index is 10.6. The maximum atomic E-state index is 10.6. The highest BCUT2D eigenvalue weighted by atomic mass is 16.5. The van der Waals surface area contributed by atoms with Gasteiger partial charge in [0.2, 0.25) is 0 Å². The minimum atomic E-state index is -0.529. The van der Waals surface area contributed by atoms with Crippen LogP contribution in [0.15, 0.2) is 48.8 Å². The van der Waals surface area contributed by atoms with Crippen LogP contribution in [0.4, 0.5) is 0 Å². The first kappa shape index (κ1) is 21.8. The van der Waals surface area contributed by atoms with Gasteiger partial charge in [0.15, 0.2) is 0 Å². The van der Waals surface area contributed by atoms with Gasteiger partial charge in [0.05, 0.1) is 12.8 Å². The number of piperazine rings is 1. The first-order valence-corrected chi connectivity index (χ1v) is 10.9. The highest BCUT2D eigenvalue weighted by Gasteiger charge is 2.19. The Morgan fingerprint density at radius 3 is 2.61 bits per heavy atom. The zero-order valence-electron chi connectivity index (χ0n) is 18.4. The number of β-amino-alcohol motifs (C(OH)–C–C–N with tert-alkyl or cyclic N) is 1. The van der Waals surface area contributed by atoms with Crippen LogP contribution < -0.4 is 4.74 Å². The van der Waals surface area contributed by atoms with Crippen LogP contribution in [0.1, 0.15) is 0 Å². The summed E-state index contributed by atoms with van der Waals surface area (Å²) in [7, 11) is 3.65. The molecule has 1 atom stereocenters. The van der Waals surface area contributed by atoms with Crippen LogP contribution in [0.5, 0.6) is 5.75 Å². The van der Waals surface area contributed by atoms with Gasteiger partial charge in [-0.05, 0) is 28.5 Å². The highest BCUT2D eigenvalue weighted by molar-refractivity contribution is 5.97. The van der Waals surface area contributed by atoms with E-state index in [1.165, 1.54) is 0 Å². The molecule has 7 nitrogen and oxygen atoms in total. The van der Waals surface area contributed by atoms with Crippen molar-refractivity contribution in [2.75, 3.05) is 59.6 Å². The standard InChI is InChI=1S/C24H32N4O3/c1-26-16-20(15-25-26)24-14-22(13-19-5-3-4-6-23(19)24)31-18-21(29)17-28-9-7-27(8-10-28)11-12-30-2/h3-6,13-16,21,29H,7-12,17-18H2,1-2H3. The summed E-state index contributed by atoms with van der Waals surface area (Å²) in [6.07, 6.45) is 3.35. The van der Waals surface area contributed by atoms with Crippen LogP contribution in [0.25, 0.3) is 21.9 Å². The molecule has 0 radical (unpaired) electrons. The van der Waals surface area contributed by atoms with Crippen LogP contribution in [0, 0.1) is 0 Å². The Bertz CT molecular complexity index is 982. The molecule has 2 heterocycles. The minimum absolute atomic E-state index is 0.273. The third kappa shape index (κ3) is 5.62. The molecule has 7 heteroatoms. The fourth-order valence-electron chi connectivity index (χ4n) is 4.12. The van der Waals surface area contributed by atoms with E-state index in [0.717, 1.165) is 67.0 Å².